The molecule has 4 nitrogen and oxygen atoms in total. The molecule has 1 heterocycles. The number of rotatable bonds is 6. The van der Waals surface area contributed by atoms with Crippen LogP contribution in [0.25, 0.3) is 5.57 Å². The third-order valence-electron chi connectivity index (χ3n) is 6.87. The van der Waals surface area contributed by atoms with E-state index in [2.05, 4.69) is 52.8 Å². The van der Waals surface area contributed by atoms with Gasteiger partial charge >= 0.3 is 5.97 Å². The van der Waals surface area contributed by atoms with E-state index in [1.807, 2.05) is 12.3 Å². The predicted octanol–water partition coefficient (Wildman–Crippen LogP) is 6.44. The topological polar surface area (TPSA) is 57.6 Å². The minimum Gasteiger partial charge on any atom is -0.481 e. The molecule has 0 spiro atoms. The molecule has 0 saturated heterocycles. The molecule has 0 saturated carbocycles. The normalized spacial score (nSPS) is 23.6. The minimum absolute atomic E-state index is 0.0504. The summed E-state index contributed by atoms with van der Waals surface area (Å²) in [5, 5.41) is 9.73. The standard InChI is InChI=1S/C26H34ClNO3/c1-17(2)21-16-28(13-10-24(30)31)23(29)15-26(21,5)19-6-7-20(22(27)14-19)18-8-11-25(3,4)12-9-18/h6-8,14,16-17H,9-13,15H2,1-5H3,(H,30,31)/t26-/m1/s1. The van der Waals surface area contributed by atoms with Crippen LogP contribution in [0.15, 0.2) is 36.0 Å². The first-order chi connectivity index (χ1) is 14.4. The van der Waals surface area contributed by atoms with Gasteiger partial charge in [-0.1, -0.05) is 64.4 Å². The lowest BCUT2D eigenvalue weighted by Gasteiger charge is -2.41. The number of allylic oxidation sites excluding steroid dienone is 3. The van der Waals surface area contributed by atoms with Crippen molar-refractivity contribution in [2.45, 2.75) is 72.1 Å². The number of carbonyl (C=O) groups is 2. The highest BCUT2D eigenvalue weighted by molar-refractivity contribution is 6.32. The maximum Gasteiger partial charge on any atom is 0.305 e. The Morgan fingerprint density at radius 2 is 1.97 bits per heavy atom. The summed E-state index contributed by atoms with van der Waals surface area (Å²) in [5.74, 6) is -0.735. The number of benzene rings is 1. The van der Waals surface area contributed by atoms with Crippen LogP contribution >= 0.6 is 11.6 Å². The highest BCUT2D eigenvalue weighted by atomic mass is 35.5. The van der Waals surface area contributed by atoms with Crippen molar-refractivity contribution >= 4 is 29.1 Å². The van der Waals surface area contributed by atoms with Gasteiger partial charge in [0.1, 0.15) is 0 Å². The molecule has 1 aliphatic heterocycles. The smallest absolute Gasteiger partial charge is 0.305 e. The van der Waals surface area contributed by atoms with E-state index >= 15 is 0 Å². The fourth-order valence-corrected chi connectivity index (χ4v) is 5.09. The molecule has 0 aromatic heterocycles. The van der Waals surface area contributed by atoms with E-state index in [0.29, 0.717) is 11.8 Å². The number of hydrogen-bond acceptors (Lipinski definition) is 2. The van der Waals surface area contributed by atoms with Crippen molar-refractivity contribution in [2.24, 2.45) is 11.3 Å². The first kappa shape index (κ1) is 23.6. The second kappa shape index (κ2) is 8.82. The molecule has 0 radical (unpaired) electrons. The summed E-state index contributed by atoms with van der Waals surface area (Å²) in [6.07, 6.45) is 7.66. The molecular formula is C26H34ClNO3. The summed E-state index contributed by atoms with van der Waals surface area (Å²) in [4.78, 5) is 25.4. The maximum atomic E-state index is 12.9. The number of carboxylic acid groups (broad SMARTS) is 1. The molecule has 168 valence electrons. The second-order valence-corrected chi connectivity index (χ2v) is 10.7. The first-order valence-corrected chi connectivity index (χ1v) is 11.5. The number of amides is 1. The highest BCUT2D eigenvalue weighted by Gasteiger charge is 2.40. The van der Waals surface area contributed by atoms with Gasteiger partial charge in [-0.2, -0.15) is 0 Å². The van der Waals surface area contributed by atoms with Crippen LogP contribution < -0.4 is 0 Å². The molecular weight excluding hydrogens is 410 g/mol. The van der Waals surface area contributed by atoms with E-state index in [0.717, 1.165) is 41.0 Å². The van der Waals surface area contributed by atoms with Crippen molar-refractivity contribution in [3.8, 4) is 0 Å². The largest absolute Gasteiger partial charge is 0.481 e. The average molecular weight is 444 g/mol. The van der Waals surface area contributed by atoms with Gasteiger partial charge < -0.3 is 10.0 Å². The van der Waals surface area contributed by atoms with Crippen LogP contribution in [-0.2, 0) is 15.0 Å². The van der Waals surface area contributed by atoms with Crippen molar-refractivity contribution in [1.29, 1.82) is 0 Å². The van der Waals surface area contributed by atoms with E-state index < -0.39 is 11.4 Å². The molecule has 0 unspecified atom stereocenters. The Balaban J connectivity index is 1.94. The van der Waals surface area contributed by atoms with Gasteiger partial charge in [-0.25, -0.2) is 0 Å². The minimum atomic E-state index is -0.900. The average Bonchev–Trinajstić information content (AvgIpc) is 2.67. The van der Waals surface area contributed by atoms with E-state index in [-0.39, 0.29) is 24.8 Å². The molecule has 5 heteroatoms. The van der Waals surface area contributed by atoms with Crippen LogP contribution in [0, 0.1) is 11.3 Å². The lowest BCUT2D eigenvalue weighted by atomic mass is 9.68. The first-order valence-electron chi connectivity index (χ1n) is 11.2. The van der Waals surface area contributed by atoms with Crippen LogP contribution in [0.4, 0.5) is 0 Å². The summed E-state index contributed by atoms with van der Waals surface area (Å²) in [6, 6.07) is 6.23. The third-order valence-corrected chi connectivity index (χ3v) is 7.18. The van der Waals surface area contributed by atoms with Crippen LogP contribution in [0.5, 0.6) is 0 Å². The SMILES string of the molecule is CC(C)C1=CN(CCC(=O)O)C(=O)C[C@]1(C)c1ccc(C2=CCC(C)(C)CC2)c(Cl)c1. The lowest BCUT2D eigenvalue weighted by Crippen LogP contribution is -2.42. The van der Waals surface area contributed by atoms with Gasteiger partial charge in [0.15, 0.2) is 0 Å². The number of carboxylic acids is 1. The summed E-state index contributed by atoms with van der Waals surface area (Å²) < 4.78 is 0. The number of carbonyl (C=O) groups excluding carboxylic acids is 1. The number of halogens is 1. The van der Waals surface area contributed by atoms with Gasteiger partial charge in [0, 0.05) is 29.6 Å². The van der Waals surface area contributed by atoms with Crippen LogP contribution in [-0.4, -0.2) is 28.4 Å². The van der Waals surface area contributed by atoms with E-state index in [1.165, 1.54) is 5.57 Å². The Labute approximate surface area is 191 Å². The number of aliphatic carboxylic acids is 1. The quantitative estimate of drug-likeness (QED) is 0.550. The molecule has 1 aliphatic carbocycles. The Hall–Kier alpha value is -2.07. The molecule has 2 aliphatic rings. The van der Waals surface area contributed by atoms with Crippen LogP contribution in [0.3, 0.4) is 0 Å². The Kier molecular flexibility index (Phi) is 6.71. The molecule has 31 heavy (non-hydrogen) atoms. The van der Waals surface area contributed by atoms with Gasteiger partial charge in [-0.05, 0) is 58.9 Å². The molecule has 1 aromatic rings. The summed E-state index contributed by atoms with van der Waals surface area (Å²) in [6.45, 7) is 11.1. The summed E-state index contributed by atoms with van der Waals surface area (Å²) in [5.41, 5.74) is 4.43. The van der Waals surface area contributed by atoms with Crippen molar-refractivity contribution in [2.75, 3.05) is 6.54 Å². The maximum absolute atomic E-state index is 12.9. The zero-order valence-corrected chi connectivity index (χ0v) is 20.1. The summed E-state index contributed by atoms with van der Waals surface area (Å²) in [7, 11) is 0. The Morgan fingerprint density at radius 3 is 2.52 bits per heavy atom. The molecule has 0 bridgehead atoms. The van der Waals surface area contributed by atoms with Gasteiger partial charge in [0.25, 0.3) is 0 Å². The van der Waals surface area contributed by atoms with Gasteiger partial charge in [0.2, 0.25) is 5.91 Å². The van der Waals surface area contributed by atoms with Gasteiger partial charge in [-0.3, -0.25) is 9.59 Å². The zero-order valence-electron chi connectivity index (χ0n) is 19.3. The lowest BCUT2D eigenvalue weighted by molar-refractivity contribution is -0.138. The fraction of sp³-hybridized carbons (Fsp3) is 0.538. The number of hydrogen-bond donors (Lipinski definition) is 1. The van der Waals surface area contributed by atoms with Crippen LogP contribution in [0.2, 0.25) is 5.02 Å². The molecule has 1 amide bonds. The van der Waals surface area contributed by atoms with Gasteiger partial charge in [-0.15, -0.1) is 0 Å². The Morgan fingerprint density at radius 1 is 1.26 bits per heavy atom. The van der Waals surface area contributed by atoms with Crippen molar-refractivity contribution in [3.05, 3.63) is 52.2 Å². The van der Waals surface area contributed by atoms with Crippen molar-refractivity contribution < 1.29 is 14.7 Å². The predicted molar refractivity (Wildman–Crippen MR) is 126 cm³/mol. The zero-order chi connectivity index (χ0) is 23.0. The fourth-order valence-electron chi connectivity index (χ4n) is 4.79. The molecule has 1 atom stereocenters. The monoisotopic (exact) mass is 443 g/mol. The van der Waals surface area contributed by atoms with Crippen molar-refractivity contribution in [1.82, 2.24) is 4.90 Å². The highest BCUT2D eigenvalue weighted by Crippen LogP contribution is 2.45. The van der Waals surface area contributed by atoms with E-state index in [4.69, 9.17) is 16.7 Å². The molecule has 1 aromatic carbocycles. The van der Waals surface area contributed by atoms with Crippen molar-refractivity contribution in [3.63, 3.8) is 0 Å². The van der Waals surface area contributed by atoms with Crippen LogP contribution in [0.1, 0.15) is 77.8 Å². The molecule has 3 rings (SSSR count). The molecule has 0 fully saturated rings. The number of nitrogens with zero attached hydrogens (tertiary/aromatic N) is 1. The molecule has 1 N–H and O–H groups in total. The summed E-state index contributed by atoms with van der Waals surface area (Å²) >= 11 is 6.77. The van der Waals surface area contributed by atoms with E-state index in [9.17, 15) is 9.59 Å². The Bertz CT molecular complexity index is 944. The van der Waals surface area contributed by atoms with E-state index in [1.54, 1.807) is 4.90 Å². The third kappa shape index (κ3) is 5.06. The second-order valence-electron chi connectivity index (χ2n) is 10.3. The van der Waals surface area contributed by atoms with Gasteiger partial charge in [0.05, 0.1) is 6.42 Å².